The van der Waals surface area contributed by atoms with Crippen molar-refractivity contribution in [3.05, 3.63) is 63.3 Å². The standard InChI is InChI=1S/C17H14BrNO2S/c18-16-10-14(11-22-16)17(20)19-7-8-21-15-6-5-12-3-1-2-4-13(12)9-15/h1-6,9-11H,7-8H2,(H,19,20). The Labute approximate surface area is 141 Å². The van der Waals surface area contributed by atoms with Crippen molar-refractivity contribution in [2.75, 3.05) is 13.2 Å². The lowest BCUT2D eigenvalue weighted by atomic mass is 10.1. The molecule has 5 heteroatoms. The Kier molecular flexibility index (Phi) is 4.75. The van der Waals surface area contributed by atoms with Crippen LogP contribution >= 0.6 is 27.3 Å². The molecule has 3 rings (SSSR count). The second kappa shape index (κ2) is 6.94. The number of benzene rings is 2. The third kappa shape index (κ3) is 3.67. The van der Waals surface area contributed by atoms with E-state index in [1.165, 1.54) is 16.7 Å². The van der Waals surface area contributed by atoms with Gasteiger partial charge in [-0.15, -0.1) is 11.3 Å². The molecule has 0 saturated heterocycles. The zero-order chi connectivity index (χ0) is 15.4. The van der Waals surface area contributed by atoms with Crippen molar-refractivity contribution in [3.63, 3.8) is 0 Å². The highest BCUT2D eigenvalue weighted by Crippen LogP contribution is 2.21. The fourth-order valence-electron chi connectivity index (χ4n) is 2.12. The number of fused-ring (bicyclic) bond motifs is 1. The van der Waals surface area contributed by atoms with Crippen LogP contribution < -0.4 is 10.1 Å². The molecule has 0 aliphatic carbocycles. The van der Waals surface area contributed by atoms with Crippen LogP contribution in [0.3, 0.4) is 0 Å². The van der Waals surface area contributed by atoms with E-state index in [2.05, 4.69) is 33.4 Å². The van der Waals surface area contributed by atoms with E-state index in [0.29, 0.717) is 18.7 Å². The highest BCUT2D eigenvalue weighted by atomic mass is 79.9. The minimum absolute atomic E-state index is 0.0796. The summed E-state index contributed by atoms with van der Waals surface area (Å²) in [5.74, 6) is 0.732. The van der Waals surface area contributed by atoms with E-state index >= 15 is 0 Å². The second-order valence-electron chi connectivity index (χ2n) is 4.75. The van der Waals surface area contributed by atoms with Gasteiger partial charge in [0.05, 0.1) is 15.9 Å². The largest absolute Gasteiger partial charge is 0.492 e. The fraction of sp³-hybridized carbons (Fsp3) is 0.118. The van der Waals surface area contributed by atoms with Crippen LogP contribution in [0.1, 0.15) is 10.4 Å². The predicted octanol–water partition coefficient (Wildman–Crippen LogP) is 4.47. The van der Waals surface area contributed by atoms with E-state index in [0.717, 1.165) is 14.9 Å². The van der Waals surface area contributed by atoms with Crippen molar-refractivity contribution in [2.24, 2.45) is 0 Å². The molecule has 1 amide bonds. The molecule has 1 aromatic heterocycles. The van der Waals surface area contributed by atoms with Gasteiger partial charge in [-0.2, -0.15) is 0 Å². The first-order valence-electron chi connectivity index (χ1n) is 6.86. The minimum atomic E-state index is -0.0796. The number of hydrogen-bond acceptors (Lipinski definition) is 3. The quantitative estimate of drug-likeness (QED) is 0.667. The van der Waals surface area contributed by atoms with Gasteiger partial charge in [-0.25, -0.2) is 0 Å². The van der Waals surface area contributed by atoms with E-state index in [-0.39, 0.29) is 5.91 Å². The van der Waals surface area contributed by atoms with Gasteiger partial charge in [0, 0.05) is 5.38 Å². The molecular formula is C17H14BrNO2S. The number of rotatable bonds is 5. The lowest BCUT2D eigenvalue weighted by Gasteiger charge is -2.08. The zero-order valence-corrected chi connectivity index (χ0v) is 14.1. The van der Waals surface area contributed by atoms with Crippen molar-refractivity contribution in [1.82, 2.24) is 5.32 Å². The van der Waals surface area contributed by atoms with E-state index in [1.54, 1.807) is 0 Å². The summed E-state index contributed by atoms with van der Waals surface area (Å²) in [6.45, 7) is 0.911. The maximum Gasteiger partial charge on any atom is 0.252 e. The third-order valence-electron chi connectivity index (χ3n) is 3.21. The van der Waals surface area contributed by atoms with Crippen LogP contribution in [0.4, 0.5) is 0 Å². The SMILES string of the molecule is O=C(NCCOc1ccc2ccccc2c1)c1csc(Br)c1. The molecule has 3 aromatic rings. The average Bonchev–Trinajstić information content (AvgIpc) is 2.98. The molecule has 0 radical (unpaired) electrons. The van der Waals surface area contributed by atoms with E-state index < -0.39 is 0 Å². The molecule has 0 aliphatic rings. The molecule has 0 aliphatic heterocycles. The number of amides is 1. The van der Waals surface area contributed by atoms with Crippen molar-refractivity contribution >= 4 is 43.9 Å². The number of carbonyl (C=O) groups is 1. The van der Waals surface area contributed by atoms with Gasteiger partial charge in [0.15, 0.2) is 0 Å². The summed E-state index contributed by atoms with van der Waals surface area (Å²) in [5, 5.41) is 7.00. The molecule has 112 valence electrons. The van der Waals surface area contributed by atoms with Crippen molar-refractivity contribution in [3.8, 4) is 5.75 Å². The monoisotopic (exact) mass is 375 g/mol. The summed E-state index contributed by atoms with van der Waals surface area (Å²) in [5.41, 5.74) is 0.669. The zero-order valence-electron chi connectivity index (χ0n) is 11.7. The number of thiophene rings is 1. The molecule has 0 spiro atoms. The Bertz CT molecular complexity index is 800. The van der Waals surface area contributed by atoms with Crippen LogP contribution in [0.2, 0.25) is 0 Å². The van der Waals surface area contributed by atoms with Crippen LogP contribution in [0.5, 0.6) is 5.75 Å². The molecule has 2 aromatic carbocycles. The fourth-order valence-corrected chi connectivity index (χ4v) is 3.26. The van der Waals surface area contributed by atoms with Crippen LogP contribution in [-0.4, -0.2) is 19.1 Å². The van der Waals surface area contributed by atoms with Crippen LogP contribution in [0.25, 0.3) is 10.8 Å². The number of hydrogen-bond donors (Lipinski definition) is 1. The summed E-state index contributed by atoms with van der Waals surface area (Å²) in [6.07, 6.45) is 0. The molecule has 3 nitrogen and oxygen atoms in total. The normalized spacial score (nSPS) is 10.6. The molecule has 0 saturated carbocycles. The van der Waals surface area contributed by atoms with Crippen LogP contribution in [0.15, 0.2) is 57.7 Å². The van der Waals surface area contributed by atoms with Gasteiger partial charge in [0.25, 0.3) is 5.91 Å². The van der Waals surface area contributed by atoms with Crippen molar-refractivity contribution in [2.45, 2.75) is 0 Å². The topological polar surface area (TPSA) is 38.3 Å². The van der Waals surface area contributed by atoms with Crippen LogP contribution in [0, 0.1) is 0 Å². The Hall–Kier alpha value is -1.85. The predicted molar refractivity (Wildman–Crippen MR) is 93.8 cm³/mol. The van der Waals surface area contributed by atoms with E-state index in [9.17, 15) is 4.79 Å². The molecule has 0 atom stereocenters. The van der Waals surface area contributed by atoms with Gasteiger partial charge in [0.2, 0.25) is 0 Å². The minimum Gasteiger partial charge on any atom is -0.492 e. The van der Waals surface area contributed by atoms with Crippen LogP contribution in [-0.2, 0) is 0 Å². The van der Waals surface area contributed by atoms with E-state index in [1.807, 2.05) is 41.8 Å². The highest BCUT2D eigenvalue weighted by molar-refractivity contribution is 9.11. The van der Waals surface area contributed by atoms with Crippen molar-refractivity contribution in [1.29, 1.82) is 0 Å². The summed E-state index contributed by atoms with van der Waals surface area (Å²) in [4.78, 5) is 11.9. The molecule has 1 N–H and O–H groups in total. The van der Waals surface area contributed by atoms with Gasteiger partial charge < -0.3 is 10.1 Å². The highest BCUT2D eigenvalue weighted by Gasteiger charge is 2.07. The molecular weight excluding hydrogens is 362 g/mol. The van der Waals surface area contributed by atoms with Gasteiger partial charge >= 0.3 is 0 Å². The molecule has 0 unspecified atom stereocenters. The first-order chi connectivity index (χ1) is 10.7. The van der Waals surface area contributed by atoms with Crippen molar-refractivity contribution < 1.29 is 9.53 Å². The molecule has 1 heterocycles. The lowest BCUT2D eigenvalue weighted by molar-refractivity contribution is 0.0947. The Morgan fingerprint density at radius 2 is 1.95 bits per heavy atom. The summed E-state index contributed by atoms with van der Waals surface area (Å²) < 4.78 is 6.63. The molecule has 22 heavy (non-hydrogen) atoms. The number of ether oxygens (including phenoxy) is 1. The number of nitrogens with one attached hydrogen (secondary N) is 1. The van der Waals surface area contributed by atoms with Gasteiger partial charge in [-0.05, 0) is 44.9 Å². The Balaban J connectivity index is 1.51. The number of halogens is 1. The van der Waals surface area contributed by atoms with Gasteiger partial charge in [0.1, 0.15) is 12.4 Å². The summed E-state index contributed by atoms with van der Waals surface area (Å²) >= 11 is 4.84. The summed E-state index contributed by atoms with van der Waals surface area (Å²) in [6, 6.07) is 15.9. The Morgan fingerprint density at radius 3 is 2.73 bits per heavy atom. The summed E-state index contributed by atoms with van der Waals surface area (Å²) in [7, 11) is 0. The smallest absolute Gasteiger partial charge is 0.252 e. The third-order valence-corrected chi connectivity index (χ3v) is 4.71. The maximum atomic E-state index is 11.9. The Morgan fingerprint density at radius 1 is 1.14 bits per heavy atom. The first-order valence-corrected chi connectivity index (χ1v) is 8.53. The maximum absolute atomic E-state index is 11.9. The van der Waals surface area contributed by atoms with Gasteiger partial charge in [-0.1, -0.05) is 30.3 Å². The number of carbonyl (C=O) groups excluding carboxylic acids is 1. The van der Waals surface area contributed by atoms with E-state index in [4.69, 9.17) is 4.74 Å². The average molecular weight is 376 g/mol. The lowest BCUT2D eigenvalue weighted by Crippen LogP contribution is -2.27. The first kappa shape index (κ1) is 15.1. The van der Waals surface area contributed by atoms with Gasteiger partial charge in [-0.3, -0.25) is 4.79 Å². The second-order valence-corrected chi connectivity index (χ2v) is 7.04. The molecule has 0 fully saturated rings. The molecule has 0 bridgehead atoms.